The van der Waals surface area contributed by atoms with Crippen LogP contribution in [0.4, 0.5) is 0 Å². The van der Waals surface area contributed by atoms with E-state index in [1.54, 1.807) is 12.4 Å². The summed E-state index contributed by atoms with van der Waals surface area (Å²) in [4.78, 5) is 17.9. The first kappa shape index (κ1) is 18.2. The average molecular weight is 324 g/mol. The summed E-state index contributed by atoms with van der Waals surface area (Å²) in [6.07, 6.45) is 3.54. The van der Waals surface area contributed by atoms with E-state index in [4.69, 9.17) is 10.8 Å². The Morgan fingerprint density at radius 3 is 1.80 bits per heavy atom. The van der Waals surface area contributed by atoms with Gasteiger partial charge in [-0.2, -0.15) is 0 Å². The van der Waals surface area contributed by atoms with E-state index in [2.05, 4.69) is 9.97 Å². The van der Waals surface area contributed by atoms with E-state index in [-0.39, 0.29) is 17.1 Å². The van der Waals surface area contributed by atoms with Crippen molar-refractivity contribution >= 4 is 5.97 Å². The first-order chi connectivity index (χ1) is 9.15. The van der Waals surface area contributed by atoms with Crippen LogP contribution < -0.4 is 10.8 Å². The molecule has 3 N–H and O–H groups in total. The van der Waals surface area contributed by atoms with Gasteiger partial charge in [0.25, 0.3) is 0 Å². The largest absolute Gasteiger partial charge is 1.00 e. The second-order valence-electron chi connectivity index (χ2n) is 3.54. The standard InChI is InChI=1S/C10H8N2.C3H7NO3.Cu/c1-3-7-11-9(5-1)10-6-2-4-8-12-10;4-2(1-5)3(6)7;/h1-8H;2,5H,1,4H2,(H,6,7);/q;;+1/p-1. The summed E-state index contributed by atoms with van der Waals surface area (Å²) in [5.74, 6) is -1.43. The summed E-state index contributed by atoms with van der Waals surface area (Å²) in [5, 5.41) is 17.5. The van der Waals surface area contributed by atoms with Crippen molar-refractivity contribution in [3.63, 3.8) is 0 Å². The predicted molar refractivity (Wildman–Crippen MR) is 67.5 cm³/mol. The van der Waals surface area contributed by atoms with Gasteiger partial charge >= 0.3 is 17.1 Å². The molecule has 0 radical (unpaired) electrons. The summed E-state index contributed by atoms with van der Waals surface area (Å²) >= 11 is 0. The van der Waals surface area contributed by atoms with Crippen molar-refractivity contribution in [3.8, 4) is 11.4 Å². The Morgan fingerprint density at radius 2 is 1.60 bits per heavy atom. The molecule has 0 spiro atoms. The van der Waals surface area contributed by atoms with Crippen LogP contribution in [-0.4, -0.2) is 33.7 Å². The number of hydrogen-bond donors (Lipinski definition) is 2. The maximum Gasteiger partial charge on any atom is 1.00 e. The molecule has 0 aliphatic heterocycles. The Labute approximate surface area is 127 Å². The molecule has 0 saturated carbocycles. The number of nitrogens with two attached hydrogens (primary N) is 1. The van der Waals surface area contributed by atoms with Gasteiger partial charge in [0.1, 0.15) is 0 Å². The zero-order chi connectivity index (χ0) is 14.1. The van der Waals surface area contributed by atoms with Gasteiger partial charge in [-0.05, 0) is 24.3 Å². The molecule has 2 rings (SSSR count). The van der Waals surface area contributed by atoms with Crippen LogP contribution in [-0.2, 0) is 21.9 Å². The van der Waals surface area contributed by atoms with Gasteiger partial charge < -0.3 is 20.7 Å². The van der Waals surface area contributed by atoms with Crippen molar-refractivity contribution in [2.45, 2.75) is 6.04 Å². The van der Waals surface area contributed by atoms with E-state index >= 15 is 0 Å². The number of aliphatic carboxylic acids is 1. The quantitative estimate of drug-likeness (QED) is 0.715. The molecule has 0 amide bonds. The second-order valence-corrected chi connectivity index (χ2v) is 3.54. The number of aliphatic hydroxyl groups is 1. The number of carbonyl (C=O) groups excluding carboxylic acids is 1. The predicted octanol–water partition coefficient (Wildman–Crippen LogP) is -0.803. The third-order valence-electron chi connectivity index (χ3n) is 2.09. The Hall–Kier alpha value is -1.79. The molecule has 0 aromatic carbocycles. The van der Waals surface area contributed by atoms with E-state index < -0.39 is 18.6 Å². The number of hydrogen-bond acceptors (Lipinski definition) is 6. The maximum atomic E-state index is 9.53. The minimum atomic E-state index is -1.43. The molecule has 7 heteroatoms. The zero-order valence-electron chi connectivity index (χ0n) is 10.4. The zero-order valence-corrected chi connectivity index (χ0v) is 11.4. The van der Waals surface area contributed by atoms with Crippen molar-refractivity contribution in [2.75, 3.05) is 6.61 Å². The van der Waals surface area contributed by atoms with E-state index in [9.17, 15) is 9.90 Å². The van der Waals surface area contributed by atoms with Crippen LogP contribution in [0.5, 0.6) is 0 Å². The third kappa shape index (κ3) is 6.40. The molecule has 110 valence electrons. The summed E-state index contributed by atoms with van der Waals surface area (Å²) in [6.45, 7) is -0.567. The number of carboxylic acid groups (broad SMARTS) is 1. The molecule has 2 aromatic rings. The van der Waals surface area contributed by atoms with Gasteiger partial charge in [-0.25, -0.2) is 0 Å². The number of pyridine rings is 2. The molecule has 0 saturated heterocycles. The Morgan fingerprint density at radius 1 is 1.15 bits per heavy atom. The number of carbonyl (C=O) groups is 1. The first-order valence-electron chi connectivity index (χ1n) is 5.55. The number of rotatable bonds is 3. The fourth-order valence-corrected chi connectivity index (χ4v) is 1.10. The Balaban J connectivity index is 0.000000396. The van der Waals surface area contributed by atoms with E-state index in [0.29, 0.717) is 0 Å². The minimum Gasteiger partial charge on any atom is -0.548 e. The van der Waals surface area contributed by atoms with Crippen molar-refractivity contribution in [1.29, 1.82) is 0 Å². The van der Waals surface area contributed by atoms with Gasteiger partial charge in [0.05, 0.1) is 30.0 Å². The molecular formula is C13H14CuN3O3. The van der Waals surface area contributed by atoms with Crippen LogP contribution >= 0.6 is 0 Å². The number of aromatic nitrogens is 2. The SMILES string of the molecule is NC(CO)C(=O)[O-].[Cu+].c1ccc(-c2ccccn2)nc1. The van der Waals surface area contributed by atoms with Crippen LogP contribution in [0.1, 0.15) is 0 Å². The molecule has 6 nitrogen and oxygen atoms in total. The summed E-state index contributed by atoms with van der Waals surface area (Å²) in [7, 11) is 0. The fourth-order valence-electron chi connectivity index (χ4n) is 1.10. The van der Waals surface area contributed by atoms with Gasteiger partial charge in [-0.1, -0.05) is 12.1 Å². The van der Waals surface area contributed by atoms with Crippen molar-refractivity contribution < 1.29 is 32.1 Å². The smallest absolute Gasteiger partial charge is 0.548 e. The normalized spacial score (nSPS) is 10.5. The molecule has 0 aliphatic rings. The van der Waals surface area contributed by atoms with Gasteiger partial charge in [0.2, 0.25) is 0 Å². The Bertz CT molecular complexity index is 459. The van der Waals surface area contributed by atoms with Gasteiger partial charge in [0.15, 0.2) is 0 Å². The topological polar surface area (TPSA) is 112 Å². The van der Waals surface area contributed by atoms with Crippen LogP contribution in [0.2, 0.25) is 0 Å². The molecule has 0 bridgehead atoms. The molecule has 2 heterocycles. The molecule has 2 aromatic heterocycles. The molecular weight excluding hydrogens is 310 g/mol. The third-order valence-corrected chi connectivity index (χ3v) is 2.09. The summed E-state index contributed by atoms with van der Waals surface area (Å²) < 4.78 is 0. The van der Waals surface area contributed by atoms with E-state index in [0.717, 1.165) is 11.4 Å². The molecule has 20 heavy (non-hydrogen) atoms. The number of aliphatic hydroxyl groups excluding tert-OH is 1. The van der Waals surface area contributed by atoms with Crippen LogP contribution in [0.3, 0.4) is 0 Å². The maximum absolute atomic E-state index is 9.53. The van der Waals surface area contributed by atoms with Gasteiger partial charge in [-0.15, -0.1) is 0 Å². The summed E-state index contributed by atoms with van der Waals surface area (Å²) in [6, 6.07) is 10.4. The fraction of sp³-hybridized carbons (Fsp3) is 0.154. The van der Waals surface area contributed by atoms with E-state index in [1.165, 1.54) is 0 Å². The minimum absolute atomic E-state index is 0. The Kier molecular flexibility index (Phi) is 9.15. The van der Waals surface area contributed by atoms with Crippen LogP contribution in [0, 0.1) is 0 Å². The van der Waals surface area contributed by atoms with Gasteiger partial charge in [-0.3, -0.25) is 9.97 Å². The molecule has 0 aliphatic carbocycles. The van der Waals surface area contributed by atoms with Crippen molar-refractivity contribution in [2.24, 2.45) is 5.73 Å². The summed E-state index contributed by atoms with van der Waals surface area (Å²) in [5.41, 5.74) is 6.53. The number of nitrogens with zero attached hydrogens (tertiary/aromatic N) is 2. The van der Waals surface area contributed by atoms with Crippen LogP contribution in [0.25, 0.3) is 11.4 Å². The number of carboxylic acids is 1. The second kappa shape index (κ2) is 10.1. The monoisotopic (exact) mass is 323 g/mol. The van der Waals surface area contributed by atoms with E-state index in [1.807, 2.05) is 36.4 Å². The van der Waals surface area contributed by atoms with Gasteiger partial charge in [0, 0.05) is 12.4 Å². The molecule has 1 unspecified atom stereocenters. The van der Waals surface area contributed by atoms with Crippen LogP contribution in [0.15, 0.2) is 48.8 Å². The first-order valence-corrected chi connectivity index (χ1v) is 5.55. The molecule has 1 atom stereocenters. The average Bonchev–Trinajstić information content (AvgIpc) is 2.49. The van der Waals surface area contributed by atoms with Crippen molar-refractivity contribution in [1.82, 2.24) is 9.97 Å². The molecule has 0 fully saturated rings. The van der Waals surface area contributed by atoms with Crippen molar-refractivity contribution in [3.05, 3.63) is 48.8 Å².